The first-order chi connectivity index (χ1) is 8.91. The van der Waals surface area contributed by atoms with Gasteiger partial charge in [-0.25, -0.2) is 12.8 Å². The number of nitrogens with two attached hydrogens (primary N) is 1. The summed E-state index contributed by atoms with van der Waals surface area (Å²) in [6.45, 7) is 2.91. The molecule has 20 heavy (non-hydrogen) atoms. The monoisotopic (exact) mass is 322 g/mol. The second-order valence-electron chi connectivity index (χ2n) is 5.05. The van der Waals surface area contributed by atoms with Crippen LogP contribution in [0.25, 0.3) is 0 Å². The van der Waals surface area contributed by atoms with E-state index in [0.29, 0.717) is 19.0 Å². The SMILES string of the molecule is CC(N)C1CCN(S(=O)(=O)c2ccc(F)cc2)CC1.Cl. The van der Waals surface area contributed by atoms with Crippen LogP contribution in [-0.2, 0) is 10.0 Å². The summed E-state index contributed by atoms with van der Waals surface area (Å²) in [4.78, 5) is 0.146. The van der Waals surface area contributed by atoms with Gasteiger partial charge in [-0.15, -0.1) is 12.4 Å². The average Bonchev–Trinajstić information content (AvgIpc) is 2.39. The van der Waals surface area contributed by atoms with Crippen molar-refractivity contribution in [1.29, 1.82) is 0 Å². The second-order valence-corrected chi connectivity index (χ2v) is 6.99. The van der Waals surface area contributed by atoms with Crippen LogP contribution in [0.2, 0.25) is 0 Å². The van der Waals surface area contributed by atoms with Gasteiger partial charge in [0.2, 0.25) is 10.0 Å². The van der Waals surface area contributed by atoms with Crippen LogP contribution in [0.15, 0.2) is 29.2 Å². The molecule has 7 heteroatoms. The van der Waals surface area contributed by atoms with E-state index in [2.05, 4.69) is 0 Å². The maximum atomic E-state index is 12.8. The van der Waals surface area contributed by atoms with Gasteiger partial charge in [-0.2, -0.15) is 4.31 Å². The van der Waals surface area contributed by atoms with Crippen molar-refractivity contribution in [3.05, 3.63) is 30.1 Å². The second kappa shape index (κ2) is 6.85. The van der Waals surface area contributed by atoms with Gasteiger partial charge in [0.05, 0.1) is 4.90 Å². The van der Waals surface area contributed by atoms with E-state index < -0.39 is 15.8 Å². The maximum absolute atomic E-state index is 12.8. The highest BCUT2D eigenvalue weighted by Gasteiger charge is 2.30. The quantitative estimate of drug-likeness (QED) is 0.925. The Kier molecular flexibility index (Phi) is 5.94. The third-order valence-corrected chi connectivity index (χ3v) is 5.61. The van der Waals surface area contributed by atoms with E-state index in [1.807, 2.05) is 6.92 Å². The molecular weight excluding hydrogens is 303 g/mol. The lowest BCUT2D eigenvalue weighted by molar-refractivity contribution is 0.250. The molecule has 0 bridgehead atoms. The molecule has 1 aromatic rings. The van der Waals surface area contributed by atoms with Crippen molar-refractivity contribution in [3.8, 4) is 0 Å². The zero-order chi connectivity index (χ0) is 14.0. The molecular formula is C13H20ClFN2O2S. The van der Waals surface area contributed by atoms with Gasteiger partial charge in [-0.3, -0.25) is 0 Å². The van der Waals surface area contributed by atoms with Crippen LogP contribution in [0.1, 0.15) is 19.8 Å². The van der Waals surface area contributed by atoms with Gasteiger partial charge >= 0.3 is 0 Å². The average molecular weight is 323 g/mol. The molecule has 0 amide bonds. The molecule has 4 nitrogen and oxygen atoms in total. The molecule has 1 heterocycles. The molecule has 0 aliphatic carbocycles. The van der Waals surface area contributed by atoms with Crippen LogP contribution in [0.5, 0.6) is 0 Å². The molecule has 1 aromatic carbocycles. The molecule has 1 aliphatic heterocycles. The predicted molar refractivity (Wildman–Crippen MR) is 78.8 cm³/mol. The minimum Gasteiger partial charge on any atom is -0.328 e. The molecule has 1 fully saturated rings. The molecule has 0 saturated carbocycles. The standard InChI is InChI=1S/C13H19FN2O2S.ClH/c1-10(15)11-6-8-16(9-7-11)19(17,18)13-4-2-12(14)3-5-13;/h2-5,10-11H,6-9,15H2,1H3;1H. The molecule has 0 aromatic heterocycles. The van der Waals surface area contributed by atoms with Crippen molar-refractivity contribution >= 4 is 22.4 Å². The topological polar surface area (TPSA) is 63.4 Å². The highest BCUT2D eigenvalue weighted by molar-refractivity contribution is 7.89. The summed E-state index contributed by atoms with van der Waals surface area (Å²) in [6, 6.07) is 5.05. The van der Waals surface area contributed by atoms with Crippen LogP contribution < -0.4 is 5.73 Å². The van der Waals surface area contributed by atoms with Crippen molar-refractivity contribution in [2.24, 2.45) is 11.7 Å². The lowest BCUT2D eigenvalue weighted by Crippen LogP contribution is -2.42. The van der Waals surface area contributed by atoms with Crippen molar-refractivity contribution < 1.29 is 12.8 Å². The Balaban J connectivity index is 0.00000200. The van der Waals surface area contributed by atoms with E-state index in [9.17, 15) is 12.8 Å². The summed E-state index contributed by atoms with van der Waals surface area (Å²) in [5, 5.41) is 0. The molecule has 0 radical (unpaired) electrons. The number of sulfonamides is 1. The Bertz CT molecular complexity index is 526. The Morgan fingerprint density at radius 1 is 1.25 bits per heavy atom. The first-order valence-corrected chi connectivity index (χ1v) is 7.86. The highest BCUT2D eigenvalue weighted by atomic mass is 35.5. The number of nitrogens with zero attached hydrogens (tertiary/aromatic N) is 1. The number of halogens is 2. The number of benzene rings is 1. The molecule has 1 atom stereocenters. The molecule has 1 unspecified atom stereocenters. The smallest absolute Gasteiger partial charge is 0.243 e. The Labute approximate surface area is 125 Å². The summed E-state index contributed by atoms with van der Waals surface area (Å²) in [5.74, 6) is -0.0608. The first-order valence-electron chi connectivity index (χ1n) is 6.42. The fourth-order valence-electron chi connectivity index (χ4n) is 2.40. The number of hydrogen-bond donors (Lipinski definition) is 1. The van der Waals surface area contributed by atoms with Gasteiger partial charge in [-0.1, -0.05) is 0 Å². The largest absolute Gasteiger partial charge is 0.328 e. The van der Waals surface area contributed by atoms with Gasteiger partial charge in [0.15, 0.2) is 0 Å². The zero-order valence-electron chi connectivity index (χ0n) is 11.3. The van der Waals surface area contributed by atoms with E-state index >= 15 is 0 Å². The number of hydrogen-bond acceptors (Lipinski definition) is 3. The maximum Gasteiger partial charge on any atom is 0.243 e. The summed E-state index contributed by atoms with van der Waals surface area (Å²) < 4.78 is 39.0. The van der Waals surface area contributed by atoms with E-state index in [1.165, 1.54) is 28.6 Å². The number of piperidine rings is 1. The molecule has 0 spiro atoms. The minimum atomic E-state index is -3.50. The van der Waals surface area contributed by atoms with E-state index in [1.54, 1.807) is 0 Å². The normalized spacial score (nSPS) is 19.4. The van der Waals surface area contributed by atoms with Gasteiger partial charge in [0.1, 0.15) is 5.82 Å². The highest BCUT2D eigenvalue weighted by Crippen LogP contribution is 2.25. The first kappa shape index (κ1) is 17.4. The van der Waals surface area contributed by atoms with E-state index in [4.69, 9.17) is 5.73 Å². The predicted octanol–water partition coefficient (Wildman–Crippen LogP) is 2.00. The molecule has 2 N–H and O–H groups in total. The third kappa shape index (κ3) is 3.69. The van der Waals surface area contributed by atoms with Gasteiger partial charge in [-0.05, 0) is 49.9 Å². The lowest BCUT2D eigenvalue weighted by atomic mass is 9.92. The fourth-order valence-corrected chi connectivity index (χ4v) is 3.87. The van der Waals surface area contributed by atoms with Crippen molar-refractivity contribution in [3.63, 3.8) is 0 Å². The summed E-state index contributed by atoms with van der Waals surface area (Å²) in [6.07, 6.45) is 1.55. The van der Waals surface area contributed by atoms with Gasteiger partial charge in [0, 0.05) is 19.1 Å². The van der Waals surface area contributed by atoms with Gasteiger partial charge in [0.25, 0.3) is 0 Å². The van der Waals surface area contributed by atoms with Crippen molar-refractivity contribution in [1.82, 2.24) is 4.31 Å². The number of rotatable bonds is 3. The van der Waals surface area contributed by atoms with Crippen molar-refractivity contribution in [2.45, 2.75) is 30.7 Å². The third-order valence-electron chi connectivity index (χ3n) is 3.69. The van der Waals surface area contributed by atoms with Crippen LogP contribution in [0.3, 0.4) is 0 Å². The van der Waals surface area contributed by atoms with Crippen LogP contribution in [0.4, 0.5) is 4.39 Å². The van der Waals surface area contributed by atoms with Crippen molar-refractivity contribution in [2.75, 3.05) is 13.1 Å². The van der Waals surface area contributed by atoms with E-state index in [-0.39, 0.29) is 23.3 Å². The minimum absolute atomic E-state index is 0. The Morgan fingerprint density at radius 2 is 1.75 bits per heavy atom. The van der Waals surface area contributed by atoms with Gasteiger partial charge < -0.3 is 5.73 Å². The van der Waals surface area contributed by atoms with Crippen LogP contribution in [-0.4, -0.2) is 31.9 Å². The molecule has 1 saturated heterocycles. The lowest BCUT2D eigenvalue weighted by Gasteiger charge is -2.32. The molecule has 114 valence electrons. The summed E-state index contributed by atoms with van der Waals surface area (Å²) >= 11 is 0. The fraction of sp³-hybridized carbons (Fsp3) is 0.538. The molecule has 2 rings (SSSR count). The van der Waals surface area contributed by atoms with E-state index in [0.717, 1.165) is 12.8 Å². The molecule has 1 aliphatic rings. The Hall–Kier alpha value is -0.690. The van der Waals surface area contributed by atoms with Crippen LogP contribution >= 0.6 is 12.4 Å². The zero-order valence-corrected chi connectivity index (χ0v) is 13.0. The van der Waals surface area contributed by atoms with Crippen LogP contribution in [0, 0.1) is 11.7 Å². The summed E-state index contributed by atoms with van der Waals surface area (Å²) in [7, 11) is -3.50. The summed E-state index contributed by atoms with van der Waals surface area (Å²) in [5.41, 5.74) is 5.84. The Morgan fingerprint density at radius 3 is 2.20 bits per heavy atom.